The molecule has 0 saturated heterocycles. The summed E-state index contributed by atoms with van der Waals surface area (Å²) in [5.41, 5.74) is 3.41. The van der Waals surface area contributed by atoms with Crippen LogP contribution in [0.2, 0.25) is 0 Å². The molecule has 0 aliphatic rings. The maximum Gasteiger partial charge on any atom is 0.259 e. The van der Waals surface area contributed by atoms with E-state index in [9.17, 15) is 9.90 Å². The number of phenolic OH excluding ortho intramolecular Hbond substituents is 1. The van der Waals surface area contributed by atoms with E-state index in [-0.39, 0.29) is 11.7 Å². The molecular weight excluding hydrogens is 242 g/mol. The van der Waals surface area contributed by atoms with Crippen molar-refractivity contribution in [1.82, 2.24) is 9.78 Å². The number of carbonyl (C=O) groups excluding carboxylic acids is 1. The predicted octanol–water partition coefficient (Wildman–Crippen LogP) is 2.30. The number of amides is 1. The maximum atomic E-state index is 12.2. The van der Waals surface area contributed by atoms with E-state index in [0.29, 0.717) is 16.9 Å². The molecule has 2 N–H and O–H groups in total. The highest BCUT2D eigenvalue weighted by atomic mass is 16.3. The molecule has 0 atom stereocenters. The van der Waals surface area contributed by atoms with Gasteiger partial charge in [0.25, 0.3) is 5.91 Å². The van der Waals surface area contributed by atoms with Crippen LogP contribution in [-0.4, -0.2) is 20.8 Å². The summed E-state index contributed by atoms with van der Waals surface area (Å²) < 4.78 is 1.68. The standard InChI is InChI=1S/C14H17N3O2/c1-8-5-6-11(7-12(8)18)15-14(19)13-9(2)16-17(4)10(13)3/h5-7,18H,1-4H3,(H,15,19). The number of hydrogen-bond acceptors (Lipinski definition) is 3. The Morgan fingerprint density at radius 1 is 1.32 bits per heavy atom. The van der Waals surface area contributed by atoms with Gasteiger partial charge in [-0.2, -0.15) is 5.10 Å². The van der Waals surface area contributed by atoms with Crippen LogP contribution in [-0.2, 0) is 7.05 Å². The first-order valence-electron chi connectivity index (χ1n) is 6.01. The Morgan fingerprint density at radius 3 is 2.53 bits per heavy atom. The molecule has 100 valence electrons. The zero-order valence-corrected chi connectivity index (χ0v) is 11.5. The van der Waals surface area contributed by atoms with Crippen molar-refractivity contribution in [1.29, 1.82) is 0 Å². The lowest BCUT2D eigenvalue weighted by Crippen LogP contribution is -2.14. The van der Waals surface area contributed by atoms with Gasteiger partial charge < -0.3 is 10.4 Å². The van der Waals surface area contributed by atoms with Crippen molar-refractivity contribution in [3.05, 3.63) is 40.7 Å². The molecule has 19 heavy (non-hydrogen) atoms. The van der Waals surface area contributed by atoms with Crippen molar-refractivity contribution >= 4 is 11.6 Å². The van der Waals surface area contributed by atoms with Crippen molar-refractivity contribution < 1.29 is 9.90 Å². The zero-order valence-electron chi connectivity index (χ0n) is 11.5. The van der Waals surface area contributed by atoms with Gasteiger partial charge >= 0.3 is 0 Å². The van der Waals surface area contributed by atoms with Crippen LogP contribution in [0.1, 0.15) is 27.3 Å². The number of benzene rings is 1. The first-order valence-corrected chi connectivity index (χ1v) is 6.01. The summed E-state index contributed by atoms with van der Waals surface area (Å²) in [6, 6.07) is 5.05. The molecule has 5 nitrogen and oxygen atoms in total. The van der Waals surface area contributed by atoms with Crippen molar-refractivity contribution in [2.45, 2.75) is 20.8 Å². The van der Waals surface area contributed by atoms with Crippen molar-refractivity contribution in [3.63, 3.8) is 0 Å². The number of hydrogen-bond donors (Lipinski definition) is 2. The molecule has 1 aromatic carbocycles. The zero-order chi connectivity index (χ0) is 14.2. The number of aromatic nitrogens is 2. The lowest BCUT2D eigenvalue weighted by Gasteiger charge is -2.07. The third kappa shape index (κ3) is 2.45. The second kappa shape index (κ2) is 4.76. The smallest absolute Gasteiger partial charge is 0.259 e. The highest BCUT2D eigenvalue weighted by Crippen LogP contribution is 2.22. The van der Waals surface area contributed by atoms with Crippen molar-refractivity contribution in [3.8, 4) is 5.75 Å². The van der Waals surface area contributed by atoms with Gasteiger partial charge in [-0.3, -0.25) is 9.48 Å². The predicted molar refractivity (Wildman–Crippen MR) is 73.5 cm³/mol. The van der Waals surface area contributed by atoms with Gasteiger partial charge in [0.15, 0.2) is 0 Å². The maximum absolute atomic E-state index is 12.2. The molecule has 2 aromatic rings. The summed E-state index contributed by atoms with van der Waals surface area (Å²) in [7, 11) is 1.80. The second-order valence-corrected chi connectivity index (χ2v) is 4.62. The van der Waals surface area contributed by atoms with E-state index in [4.69, 9.17) is 0 Å². The van der Waals surface area contributed by atoms with Crippen LogP contribution in [0, 0.1) is 20.8 Å². The Morgan fingerprint density at radius 2 is 2.00 bits per heavy atom. The summed E-state index contributed by atoms with van der Waals surface area (Å²) in [5, 5.41) is 16.6. The van der Waals surface area contributed by atoms with Crippen molar-refractivity contribution in [2.75, 3.05) is 5.32 Å². The molecule has 0 fully saturated rings. The van der Waals surface area contributed by atoms with Gasteiger partial charge in [-0.05, 0) is 32.4 Å². The minimum absolute atomic E-state index is 0.164. The molecule has 1 amide bonds. The number of nitrogens with zero attached hydrogens (tertiary/aromatic N) is 2. The molecule has 0 aliphatic carbocycles. The van der Waals surface area contributed by atoms with Crippen LogP contribution in [0.5, 0.6) is 5.75 Å². The normalized spacial score (nSPS) is 10.5. The van der Waals surface area contributed by atoms with Gasteiger partial charge in [0.05, 0.1) is 11.3 Å². The van der Waals surface area contributed by atoms with E-state index in [1.807, 2.05) is 6.92 Å². The summed E-state index contributed by atoms with van der Waals surface area (Å²) in [6.45, 7) is 5.45. The molecule has 0 spiro atoms. The summed E-state index contributed by atoms with van der Waals surface area (Å²) >= 11 is 0. The fourth-order valence-electron chi connectivity index (χ4n) is 1.98. The molecule has 0 bridgehead atoms. The van der Waals surface area contributed by atoms with Gasteiger partial charge in [0.1, 0.15) is 5.75 Å². The molecule has 0 radical (unpaired) electrons. The van der Waals surface area contributed by atoms with Crippen molar-refractivity contribution in [2.24, 2.45) is 7.05 Å². The Kier molecular flexibility index (Phi) is 3.29. The van der Waals surface area contributed by atoms with Gasteiger partial charge in [0, 0.05) is 24.5 Å². The molecule has 0 unspecified atom stereocenters. The van der Waals surface area contributed by atoms with E-state index in [2.05, 4.69) is 10.4 Å². The Hall–Kier alpha value is -2.30. The molecule has 0 aliphatic heterocycles. The van der Waals surface area contributed by atoms with Crippen LogP contribution in [0.3, 0.4) is 0 Å². The molecule has 2 rings (SSSR count). The van der Waals surface area contributed by atoms with E-state index < -0.39 is 0 Å². The number of carbonyl (C=O) groups is 1. The van der Waals surface area contributed by atoms with Crippen LogP contribution in [0.4, 0.5) is 5.69 Å². The highest BCUT2D eigenvalue weighted by molar-refractivity contribution is 6.05. The van der Waals surface area contributed by atoms with E-state index in [1.54, 1.807) is 37.7 Å². The van der Waals surface area contributed by atoms with E-state index in [1.165, 1.54) is 6.07 Å². The SMILES string of the molecule is Cc1ccc(NC(=O)c2c(C)nn(C)c2C)cc1O. The molecular formula is C14H17N3O2. The Balaban J connectivity index is 2.28. The number of rotatable bonds is 2. The number of aromatic hydroxyl groups is 1. The third-order valence-electron chi connectivity index (χ3n) is 3.20. The fourth-order valence-corrected chi connectivity index (χ4v) is 1.98. The van der Waals surface area contributed by atoms with Crippen LogP contribution in [0.15, 0.2) is 18.2 Å². The minimum Gasteiger partial charge on any atom is -0.508 e. The first kappa shape index (κ1) is 13.1. The highest BCUT2D eigenvalue weighted by Gasteiger charge is 2.17. The Bertz CT molecular complexity index is 644. The number of phenols is 1. The lowest BCUT2D eigenvalue weighted by molar-refractivity contribution is 0.102. The Labute approximate surface area is 111 Å². The second-order valence-electron chi connectivity index (χ2n) is 4.62. The van der Waals surface area contributed by atoms with Crippen LogP contribution >= 0.6 is 0 Å². The fraction of sp³-hybridized carbons (Fsp3) is 0.286. The summed E-state index contributed by atoms with van der Waals surface area (Å²) in [4.78, 5) is 12.2. The van der Waals surface area contributed by atoms with Crippen LogP contribution in [0.25, 0.3) is 0 Å². The van der Waals surface area contributed by atoms with Gasteiger partial charge in [0.2, 0.25) is 0 Å². The van der Waals surface area contributed by atoms with Crippen LogP contribution < -0.4 is 5.32 Å². The first-order chi connectivity index (χ1) is 8.90. The van der Waals surface area contributed by atoms with E-state index >= 15 is 0 Å². The quantitative estimate of drug-likeness (QED) is 0.869. The topological polar surface area (TPSA) is 67.2 Å². The third-order valence-corrected chi connectivity index (χ3v) is 3.20. The van der Waals surface area contributed by atoms with E-state index in [0.717, 1.165) is 11.3 Å². The molecule has 5 heteroatoms. The number of nitrogens with one attached hydrogen (secondary N) is 1. The summed E-state index contributed by atoms with van der Waals surface area (Å²) in [5.74, 6) is -0.0521. The minimum atomic E-state index is -0.216. The monoisotopic (exact) mass is 259 g/mol. The molecule has 1 aromatic heterocycles. The molecule has 1 heterocycles. The molecule has 0 saturated carbocycles. The number of anilines is 1. The van der Waals surface area contributed by atoms with Gasteiger partial charge in [-0.1, -0.05) is 6.07 Å². The summed E-state index contributed by atoms with van der Waals surface area (Å²) in [6.07, 6.45) is 0. The number of aryl methyl sites for hydroxylation is 3. The lowest BCUT2D eigenvalue weighted by atomic mass is 10.1. The van der Waals surface area contributed by atoms with Gasteiger partial charge in [-0.25, -0.2) is 0 Å². The van der Waals surface area contributed by atoms with Gasteiger partial charge in [-0.15, -0.1) is 0 Å². The largest absolute Gasteiger partial charge is 0.508 e. The average molecular weight is 259 g/mol. The average Bonchev–Trinajstić information content (AvgIpc) is 2.58.